The largest absolute Gasteiger partial charge is 0.465 e. The number of aryl methyl sites for hydroxylation is 1. The molecule has 10 heteroatoms. The van der Waals surface area contributed by atoms with Gasteiger partial charge in [0.25, 0.3) is 5.91 Å². The van der Waals surface area contributed by atoms with Crippen molar-refractivity contribution in [2.75, 3.05) is 25.6 Å². The van der Waals surface area contributed by atoms with Crippen LogP contribution in [0.3, 0.4) is 0 Å². The molecule has 1 aromatic heterocycles. The molecule has 0 unspecified atom stereocenters. The van der Waals surface area contributed by atoms with Gasteiger partial charge in [-0.15, -0.1) is 0 Å². The highest BCUT2D eigenvalue weighted by molar-refractivity contribution is 9.10. The number of methoxy groups -OCH3 is 1. The number of H-pyrrole nitrogens is 1. The highest BCUT2D eigenvalue weighted by Gasteiger charge is 2.23. The van der Waals surface area contributed by atoms with Crippen molar-refractivity contribution in [3.05, 3.63) is 51.3 Å². The number of esters is 2. The summed E-state index contributed by atoms with van der Waals surface area (Å²) in [4.78, 5) is 50.5. The van der Waals surface area contributed by atoms with Gasteiger partial charge in [0, 0.05) is 10.2 Å². The van der Waals surface area contributed by atoms with Gasteiger partial charge in [-0.1, -0.05) is 12.1 Å². The second-order valence-corrected chi connectivity index (χ2v) is 6.85. The quantitative estimate of drug-likeness (QED) is 0.537. The third kappa shape index (κ3) is 5.67. The van der Waals surface area contributed by atoms with Crippen molar-refractivity contribution >= 4 is 45.4 Å². The number of hydrogen-bond acceptors (Lipinski definition) is 6. The Balaban J connectivity index is 1.85. The zero-order chi connectivity index (χ0) is 21.6. The van der Waals surface area contributed by atoms with Crippen molar-refractivity contribution in [1.82, 2.24) is 10.3 Å². The van der Waals surface area contributed by atoms with Crippen LogP contribution in [-0.4, -0.2) is 49.0 Å². The second-order valence-electron chi connectivity index (χ2n) is 6.00. The Kier molecular flexibility index (Phi) is 7.54. The van der Waals surface area contributed by atoms with Crippen LogP contribution in [-0.2, 0) is 19.1 Å². The Morgan fingerprint density at radius 1 is 1.07 bits per heavy atom. The molecule has 2 aromatic rings. The molecule has 0 aliphatic rings. The Morgan fingerprint density at radius 3 is 2.41 bits per heavy atom. The standard InChI is InChI=1S/C19H20BrN3O6/c1-10-16(18(26)28-3)11(2)22-17(10)19(27)29-9-15(25)21-8-14(24)23-13-7-5-4-6-12(13)20/h4-7,22H,8-9H2,1-3H3,(H,21,25)(H,23,24). The maximum atomic E-state index is 12.2. The highest BCUT2D eigenvalue weighted by Crippen LogP contribution is 2.21. The van der Waals surface area contributed by atoms with Crippen molar-refractivity contribution in [2.45, 2.75) is 13.8 Å². The monoisotopic (exact) mass is 465 g/mol. The Hall–Kier alpha value is -3.14. The van der Waals surface area contributed by atoms with Crippen molar-refractivity contribution < 1.29 is 28.7 Å². The zero-order valence-corrected chi connectivity index (χ0v) is 17.6. The Morgan fingerprint density at radius 2 is 1.76 bits per heavy atom. The topological polar surface area (TPSA) is 127 Å². The molecular formula is C19H20BrN3O6. The molecule has 2 rings (SSSR count). The summed E-state index contributed by atoms with van der Waals surface area (Å²) in [5.41, 5.74) is 1.69. The summed E-state index contributed by atoms with van der Waals surface area (Å²) in [6.45, 7) is 2.32. The van der Waals surface area contributed by atoms with Gasteiger partial charge in [0.05, 0.1) is 24.9 Å². The zero-order valence-electron chi connectivity index (χ0n) is 16.1. The normalized spacial score (nSPS) is 10.2. The number of hydrogen-bond donors (Lipinski definition) is 3. The number of benzene rings is 1. The fraction of sp³-hybridized carbons (Fsp3) is 0.263. The summed E-state index contributed by atoms with van der Waals surface area (Å²) < 4.78 is 10.3. The summed E-state index contributed by atoms with van der Waals surface area (Å²) >= 11 is 3.30. The van der Waals surface area contributed by atoms with Crippen LogP contribution >= 0.6 is 15.9 Å². The molecule has 9 nitrogen and oxygen atoms in total. The van der Waals surface area contributed by atoms with Crippen molar-refractivity contribution in [3.63, 3.8) is 0 Å². The van der Waals surface area contributed by atoms with Crippen LogP contribution in [0.4, 0.5) is 5.69 Å². The Labute approximate surface area is 175 Å². The van der Waals surface area contributed by atoms with Gasteiger partial charge in [-0.25, -0.2) is 9.59 Å². The van der Waals surface area contributed by atoms with Crippen LogP contribution in [0.25, 0.3) is 0 Å². The number of rotatable bonds is 7. The van der Waals surface area contributed by atoms with Crippen LogP contribution in [0.1, 0.15) is 32.1 Å². The smallest absolute Gasteiger partial charge is 0.355 e. The van der Waals surface area contributed by atoms with E-state index in [1.54, 1.807) is 38.1 Å². The number of amides is 2. The summed E-state index contributed by atoms with van der Waals surface area (Å²) in [6.07, 6.45) is 0. The summed E-state index contributed by atoms with van der Waals surface area (Å²) in [5, 5.41) is 4.99. The van der Waals surface area contributed by atoms with E-state index in [-0.39, 0.29) is 17.8 Å². The molecule has 0 aliphatic carbocycles. The van der Waals surface area contributed by atoms with E-state index in [2.05, 4.69) is 36.3 Å². The molecule has 0 aliphatic heterocycles. The first-order valence-corrected chi connectivity index (χ1v) is 9.29. The number of anilines is 1. The summed E-state index contributed by atoms with van der Waals surface area (Å²) in [5.74, 6) is -2.46. The summed E-state index contributed by atoms with van der Waals surface area (Å²) in [7, 11) is 1.24. The van der Waals surface area contributed by atoms with Crippen LogP contribution in [0.15, 0.2) is 28.7 Å². The maximum absolute atomic E-state index is 12.2. The van der Waals surface area contributed by atoms with Gasteiger partial charge < -0.3 is 25.1 Å². The number of nitrogens with one attached hydrogen (secondary N) is 3. The van der Waals surface area contributed by atoms with Gasteiger partial charge in [0.1, 0.15) is 5.69 Å². The van der Waals surface area contributed by atoms with E-state index in [1.807, 2.05) is 0 Å². The number of para-hydroxylation sites is 1. The third-order valence-electron chi connectivity index (χ3n) is 3.96. The van der Waals surface area contributed by atoms with Gasteiger partial charge >= 0.3 is 11.9 Å². The molecule has 0 spiro atoms. The molecule has 0 saturated carbocycles. The highest BCUT2D eigenvalue weighted by atomic mass is 79.9. The lowest BCUT2D eigenvalue weighted by Gasteiger charge is -2.09. The molecule has 1 heterocycles. The molecule has 0 atom stereocenters. The lowest BCUT2D eigenvalue weighted by molar-refractivity contribution is -0.126. The number of aromatic nitrogens is 1. The molecule has 0 radical (unpaired) electrons. The van der Waals surface area contributed by atoms with Crippen LogP contribution in [0, 0.1) is 13.8 Å². The van der Waals surface area contributed by atoms with E-state index in [0.717, 1.165) is 0 Å². The first-order valence-electron chi connectivity index (χ1n) is 8.50. The van der Waals surface area contributed by atoms with E-state index >= 15 is 0 Å². The first kappa shape index (κ1) is 22.2. The Bertz CT molecular complexity index is 953. The SMILES string of the molecule is COC(=O)c1c(C)[nH]c(C(=O)OCC(=O)NCC(=O)Nc2ccccc2Br)c1C. The molecule has 1 aromatic carbocycles. The number of carbonyl (C=O) groups excluding carboxylic acids is 4. The lowest BCUT2D eigenvalue weighted by Crippen LogP contribution is -2.35. The predicted molar refractivity (Wildman–Crippen MR) is 108 cm³/mol. The van der Waals surface area contributed by atoms with Crippen LogP contribution in [0.2, 0.25) is 0 Å². The average Bonchev–Trinajstić information content (AvgIpc) is 3.00. The minimum atomic E-state index is -0.798. The first-order chi connectivity index (χ1) is 13.7. The van der Waals surface area contributed by atoms with E-state index in [1.165, 1.54) is 7.11 Å². The minimum absolute atomic E-state index is 0.0578. The van der Waals surface area contributed by atoms with Crippen LogP contribution < -0.4 is 10.6 Å². The molecule has 154 valence electrons. The number of ether oxygens (including phenoxy) is 2. The fourth-order valence-corrected chi connectivity index (χ4v) is 2.94. The van der Waals surface area contributed by atoms with E-state index in [9.17, 15) is 19.2 Å². The number of halogens is 1. The van der Waals surface area contributed by atoms with E-state index in [4.69, 9.17) is 4.74 Å². The van der Waals surface area contributed by atoms with Crippen molar-refractivity contribution in [3.8, 4) is 0 Å². The second kappa shape index (κ2) is 9.87. The lowest BCUT2D eigenvalue weighted by atomic mass is 10.1. The van der Waals surface area contributed by atoms with Crippen molar-refractivity contribution in [1.29, 1.82) is 0 Å². The average molecular weight is 466 g/mol. The van der Waals surface area contributed by atoms with E-state index in [0.29, 0.717) is 21.4 Å². The van der Waals surface area contributed by atoms with E-state index < -0.39 is 30.4 Å². The molecule has 0 fully saturated rings. The molecular weight excluding hydrogens is 446 g/mol. The predicted octanol–water partition coefficient (Wildman–Crippen LogP) is 2.09. The number of carbonyl (C=O) groups is 4. The maximum Gasteiger partial charge on any atom is 0.355 e. The molecule has 0 bridgehead atoms. The van der Waals surface area contributed by atoms with Gasteiger partial charge in [0.2, 0.25) is 5.91 Å². The molecule has 3 N–H and O–H groups in total. The van der Waals surface area contributed by atoms with Gasteiger partial charge in [0.15, 0.2) is 6.61 Å². The van der Waals surface area contributed by atoms with Gasteiger partial charge in [-0.05, 0) is 47.5 Å². The van der Waals surface area contributed by atoms with Crippen LogP contribution in [0.5, 0.6) is 0 Å². The van der Waals surface area contributed by atoms with Crippen molar-refractivity contribution in [2.24, 2.45) is 0 Å². The number of aromatic amines is 1. The summed E-state index contributed by atoms with van der Waals surface area (Å²) in [6, 6.07) is 7.03. The minimum Gasteiger partial charge on any atom is -0.465 e. The third-order valence-corrected chi connectivity index (χ3v) is 4.65. The fourth-order valence-electron chi connectivity index (χ4n) is 2.55. The molecule has 29 heavy (non-hydrogen) atoms. The van der Waals surface area contributed by atoms with Gasteiger partial charge in [-0.3, -0.25) is 9.59 Å². The van der Waals surface area contributed by atoms with Gasteiger partial charge in [-0.2, -0.15) is 0 Å². The molecule has 2 amide bonds. The molecule has 0 saturated heterocycles.